The molecule has 4 N–H and O–H groups in total. The van der Waals surface area contributed by atoms with Gasteiger partial charge in [0, 0.05) is 25.2 Å². The normalized spacial score (nSPS) is 14.4. The van der Waals surface area contributed by atoms with Gasteiger partial charge in [0.25, 0.3) is 0 Å². The highest BCUT2D eigenvalue weighted by Gasteiger charge is 2.27. The minimum atomic E-state index is -3.16. The Labute approximate surface area is 179 Å². The number of nitrogens with one attached hydrogen (secondary N) is 3. The van der Waals surface area contributed by atoms with Crippen LogP contribution in [0.25, 0.3) is 0 Å². The molecule has 1 aromatic rings. The van der Waals surface area contributed by atoms with Crippen LogP contribution in [0.15, 0.2) is 15.5 Å². The van der Waals surface area contributed by atoms with Crippen LogP contribution < -0.4 is 15.4 Å². The van der Waals surface area contributed by atoms with Gasteiger partial charge in [0.2, 0.25) is 10.0 Å². The lowest BCUT2D eigenvalue weighted by Gasteiger charge is -2.21. The van der Waals surface area contributed by atoms with E-state index in [0.29, 0.717) is 37.8 Å². The zero-order valence-electron chi connectivity index (χ0n) is 16.8. The van der Waals surface area contributed by atoms with Crippen molar-refractivity contribution >= 4 is 40.0 Å². The molecule has 8 nitrogen and oxygen atoms in total. The van der Waals surface area contributed by atoms with E-state index in [0.717, 1.165) is 11.3 Å². The number of aliphatic hydroxyl groups is 1. The van der Waals surface area contributed by atoms with Gasteiger partial charge in [-0.05, 0) is 47.1 Å². The number of sulfonamides is 1. The van der Waals surface area contributed by atoms with E-state index in [9.17, 15) is 13.5 Å². The molecule has 10 heteroatoms. The molecule has 1 heterocycles. The Morgan fingerprint density at radius 2 is 1.93 bits per heavy atom. The van der Waals surface area contributed by atoms with Gasteiger partial charge in [0.15, 0.2) is 5.96 Å². The summed E-state index contributed by atoms with van der Waals surface area (Å²) in [4.78, 5) is 4.44. The summed E-state index contributed by atoms with van der Waals surface area (Å²) in [6.07, 6.45) is 0.625. The second kappa shape index (κ2) is 11.9. The van der Waals surface area contributed by atoms with Gasteiger partial charge in [-0.2, -0.15) is 0 Å². The number of aliphatic imine (C=N–C) groups is 1. The molecule has 0 aliphatic rings. The molecule has 1 atom stereocenters. The molecule has 0 amide bonds. The van der Waals surface area contributed by atoms with Crippen molar-refractivity contribution in [2.75, 3.05) is 31.9 Å². The van der Waals surface area contributed by atoms with Crippen molar-refractivity contribution in [2.45, 2.75) is 46.6 Å². The van der Waals surface area contributed by atoms with Crippen LogP contribution in [0.1, 0.15) is 44.3 Å². The molecule has 27 heavy (non-hydrogen) atoms. The molecule has 0 aliphatic heterocycles. The molecule has 0 radical (unpaired) electrons. The molecule has 158 valence electrons. The smallest absolute Gasteiger partial charge is 0.211 e. The molecule has 1 aromatic heterocycles. The number of hydrogen-bond acceptors (Lipinski definition) is 5. The second-order valence-corrected chi connectivity index (χ2v) is 8.47. The molecule has 1 unspecified atom stereocenters. The summed E-state index contributed by atoms with van der Waals surface area (Å²) in [6, 6.07) is 1.82. The van der Waals surface area contributed by atoms with Crippen molar-refractivity contribution in [3.05, 3.63) is 23.2 Å². The maximum atomic E-state index is 11.4. The average Bonchev–Trinajstić information content (AvgIpc) is 2.91. The van der Waals surface area contributed by atoms with E-state index in [2.05, 4.69) is 20.3 Å². The molecular formula is C17H33IN4O4S. The van der Waals surface area contributed by atoms with Crippen LogP contribution in [0, 0.1) is 13.8 Å². The highest BCUT2D eigenvalue weighted by Crippen LogP contribution is 2.27. The minimum absolute atomic E-state index is 0. The summed E-state index contributed by atoms with van der Waals surface area (Å²) in [5, 5.41) is 17.0. The number of guanidine groups is 1. The standard InChI is InChI=1S/C17H32N4O4S.HI/c1-6-18-16(19-9-8-10-21-26(23,24)7-2)20-12-17(5,22)15-11-13(3)25-14(15)4;/h11,21-22H,6-10,12H2,1-5H3,(H2,18,19,20);1H. The van der Waals surface area contributed by atoms with Crippen LogP contribution in [-0.2, 0) is 15.6 Å². The molecule has 0 aromatic carbocycles. The third-order valence-corrected chi connectivity index (χ3v) is 5.26. The molecule has 1 rings (SSSR count). The number of rotatable bonds is 10. The van der Waals surface area contributed by atoms with E-state index in [1.807, 2.05) is 26.8 Å². The highest BCUT2D eigenvalue weighted by molar-refractivity contribution is 14.0. The van der Waals surface area contributed by atoms with Crippen molar-refractivity contribution in [1.29, 1.82) is 0 Å². The Kier molecular flexibility index (Phi) is 11.5. The van der Waals surface area contributed by atoms with Gasteiger partial charge in [0.05, 0.1) is 12.3 Å². The first-order valence-electron chi connectivity index (χ1n) is 8.90. The molecular weight excluding hydrogens is 483 g/mol. The van der Waals surface area contributed by atoms with E-state index >= 15 is 0 Å². The number of aryl methyl sites for hydroxylation is 2. The van der Waals surface area contributed by atoms with Gasteiger partial charge in [-0.15, -0.1) is 24.0 Å². The third kappa shape index (κ3) is 9.26. The lowest BCUT2D eigenvalue weighted by atomic mass is 9.96. The third-order valence-electron chi connectivity index (χ3n) is 3.86. The largest absolute Gasteiger partial charge is 0.466 e. The average molecular weight is 516 g/mol. The lowest BCUT2D eigenvalue weighted by Crippen LogP contribution is -2.40. The Morgan fingerprint density at radius 1 is 1.26 bits per heavy atom. The van der Waals surface area contributed by atoms with Crippen LogP contribution in [0.4, 0.5) is 0 Å². The number of hydrogen-bond donors (Lipinski definition) is 4. The number of halogens is 1. The lowest BCUT2D eigenvalue weighted by molar-refractivity contribution is 0.0657. The molecule has 0 bridgehead atoms. The molecule has 0 fully saturated rings. The van der Waals surface area contributed by atoms with Crippen molar-refractivity contribution in [2.24, 2.45) is 4.99 Å². The van der Waals surface area contributed by atoms with Crippen LogP contribution >= 0.6 is 24.0 Å². The van der Waals surface area contributed by atoms with Gasteiger partial charge in [-0.25, -0.2) is 18.1 Å². The fourth-order valence-corrected chi connectivity index (χ4v) is 3.11. The molecule has 0 saturated carbocycles. The predicted octanol–water partition coefficient (Wildman–Crippen LogP) is 1.61. The van der Waals surface area contributed by atoms with Crippen molar-refractivity contribution in [3.8, 4) is 0 Å². The number of furan rings is 1. The Morgan fingerprint density at radius 3 is 2.44 bits per heavy atom. The van der Waals surface area contributed by atoms with Crippen LogP contribution in [0.3, 0.4) is 0 Å². The van der Waals surface area contributed by atoms with Gasteiger partial charge in [0.1, 0.15) is 17.1 Å². The van der Waals surface area contributed by atoms with Crippen LogP contribution in [0.2, 0.25) is 0 Å². The van der Waals surface area contributed by atoms with Crippen LogP contribution in [0.5, 0.6) is 0 Å². The fraction of sp³-hybridized carbons (Fsp3) is 0.706. The second-order valence-electron chi connectivity index (χ2n) is 6.37. The predicted molar refractivity (Wildman–Crippen MR) is 119 cm³/mol. The van der Waals surface area contributed by atoms with E-state index in [1.54, 1.807) is 13.8 Å². The van der Waals surface area contributed by atoms with Gasteiger partial charge in [-0.3, -0.25) is 0 Å². The first kappa shape index (κ1) is 26.1. The van der Waals surface area contributed by atoms with E-state index in [1.165, 1.54) is 0 Å². The Balaban J connectivity index is 0.00000676. The van der Waals surface area contributed by atoms with Crippen LogP contribution in [-0.4, -0.2) is 51.4 Å². The van der Waals surface area contributed by atoms with E-state index in [4.69, 9.17) is 4.42 Å². The van der Waals surface area contributed by atoms with E-state index < -0.39 is 15.6 Å². The first-order valence-corrected chi connectivity index (χ1v) is 10.6. The Bertz CT molecular complexity index is 702. The molecule has 0 spiro atoms. The topological polar surface area (TPSA) is 116 Å². The maximum Gasteiger partial charge on any atom is 0.211 e. The SMILES string of the molecule is CCNC(=NCC(C)(O)c1cc(C)oc1C)NCCCNS(=O)(=O)CC.I. The molecule has 0 saturated heterocycles. The fourth-order valence-electron chi connectivity index (χ4n) is 2.45. The summed E-state index contributed by atoms with van der Waals surface area (Å²) in [5.74, 6) is 2.08. The minimum Gasteiger partial charge on any atom is -0.466 e. The van der Waals surface area contributed by atoms with Gasteiger partial charge in [-0.1, -0.05) is 0 Å². The monoisotopic (exact) mass is 516 g/mol. The summed E-state index contributed by atoms with van der Waals surface area (Å²) in [5.41, 5.74) is -0.412. The van der Waals surface area contributed by atoms with E-state index in [-0.39, 0.29) is 36.3 Å². The molecule has 0 aliphatic carbocycles. The van der Waals surface area contributed by atoms with Gasteiger partial charge >= 0.3 is 0 Å². The zero-order chi connectivity index (χ0) is 19.8. The van der Waals surface area contributed by atoms with Crippen molar-refractivity contribution < 1.29 is 17.9 Å². The number of nitrogens with zero attached hydrogens (tertiary/aromatic N) is 1. The van der Waals surface area contributed by atoms with Crippen molar-refractivity contribution in [3.63, 3.8) is 0 Å². The summed E-state index contributed by atoms with van der Waals surface area (Å²) < 4.78 is 30.8. The highest BCUT2D eigenvalue weighted by atomic mass is 127. The van der Waals surface area contributed by atoms with Gasteiger partial charge < -0.3 is 20.2 Å². The quantitative estimate of drug-likeness (QED) is 0.163. The van der Waals surface area contributed by atoms with Crippen molar-refractivity contribution in [1.82, 2.24) is 15.4 Å². The maximum absolute atomic E-state index is 11.4. The summed E-state index contributed by atoms with van der Waals surface area (Å²) >= 11 is 0. The Hall–Kier alpha value is -0.850. The summed E-state index contributed by atoms with van der Waals surface area (Å²) in [6.45, 7) is 10.7. The zero-order valence-corrected chi connectivity index (χ0v) is 19.9. The summed E-state index contributed by atoms with van der Waals surface area (Å²) in [7, 11) is -3.16. The first-order chi connectivity index (χ1) is 12.1.